The minimum absolute atomic E-state index is 0.0551. The number of nitrogens with zero attached hydrogens (tertiary/aromatic N) is 1. The molecule has 5 nitrogen and oxygen atoms in total. The van der Waals surface area contributed by atoms with Crippen LogP contribution >= 0.6 is 0 Å². The quantitative estimate of drug-likeness (QED) is 0.777. The average molecular weight is 380 g/mol. The van der Waals surface area contributed by atoms with Gasteiger partial charge in [0, 0.05) is 42.2 Å². The summed E-state index contributed by atoms with van der Waals surface area (Å²) in [7, 11) is 0. The van der Waals surface area contributed by atoms with Crippen molar-refractivity contribution in [2.24, 2.45) is 5.92 Å². The molecule has 0 atom stereocenters. The Balaban J connectivity index is 1.33. The molecule has 0 bridgehead atoms. The second-order valence-electron chi connectivity index (χ2n) is 7.34. The van der Waals surface area contributed by atoms with Crippen molar-refractivity contribution in [3.8, 4) is 0 Å². The Kier molecular flexibility index (Phi) is 4.94. The molecule has 2 aliphatic rings. The summed E-state index contributed by atoms with van der Waals surface area (Å²) in [5.74, 6) is -0.459. The van der Waals surface area contributed by atoms with Crippen LogP contribution in [-0.4, -0.2) is 24.1 Å². The Morgan fingerprint density at radius 2 is 1.79 bits per heavy atom. The monoisotopic (exact) mass is 380 g/mol. The number of hydrogen-bond donors (Lipinski definition) is 1. The minimum Gasteiger partial charge on any atom is -0.326 e. The van der Waals surface area contributed by atoms with E-state index in [4.69, 9.17) is 0 Å². The van der Waals surface area contributed by atoms with Gasteiger partial charge < -0.3 is 10.2 Å². The average Bonchev–Trinajstić information content (AvgIpc) is 3.46. The zero-order valence-electron chi connectivity index (χ0n) is 15.4. The number of halogens is 1. The van der Waals surface area contributed by atoms with Gasteiger partial charge >= 0.3 is 0 Å². The van der Waals surface area contributed by atoms with E-state index in [2.05, 4.69) is 5.32 Å². The second kappa shape index (κ2) is 7.54. The van der Waals surface area contributed by atoms with E-state index in [1.807, 2.05) is 17.0 Å². The molecular weight excluding hydrogens is 359 g/mol. The molecule has 144 valence electrons. The van der Waals surface area contributed by atoms with Gasteiger partial charge in [-0.25, -0.2) is 4.39 Å². The van der Waals surface area contributed by atoms with Crippen molar-refractivity contribution < 1.29 is 18.8 Å². The third-order valence-corrected chi connectivity index (χ3v) is 5.20. The fourth-order valence-corrected chi connectivity index (χ4v) is 3.49. The van der Waals surface area contributed by atoms with Crippen LogP contribution in [0.3, 0.4) is 0 Å². The number of amides is 2. The van der Waals surface area contributed by atoms with Crippen molar-refractivity contribution in [1.29, 1.82) is 0 Å². The van der Waals surface area contributed by atoms with Gasteiger partial charge in [0.1, 0.15) is 5.82 Å². The number of ketones is 1. The maximum absolute atomic E-state index is 12.9. The Morgan fingerprint density at radius 3 is 2.50 bits per heavy atom. The molecule has 1 heterocycles. The van der Waals surface area contributed by atoms with Crippen LogP contribution in [0.5, 0.6) is 0 Å². The van der Waals surface area contributed by atoms with E-state index < -0.39 is 5.82 Å². The fourth-order valence-electron chi connectivity index (χ4n) is 3.49. The summed E-state index contributed by atoms with van der Waals surface area (Å²) in [5.41, 5.74) is 3.04. The molecule has 0 spiro atoms. The molecule has 2 aromatic carbocycles. The van der Waals surface area contributed by atoms with Crippen molar-refractivity contribution in [2.75, 3.05) is 16.8 Å². The normalized spacial score (nSPS) is 15.2. The van der Waals surface area contributed by atoms with Gasteiger partial charge in [-0.3, -0.25) is 14.4 Å². The summed E-state index contributed by atoms with van der Waals surface area (Å²) in [6.45, 7) is 0.689. The summed E-state index contributed by atoms with van der Waals surface area (Å²) in [5, 5.41) is 2.81. The summed E-state index contributed by atoms with van der Waals surface area (Å²) >= 11 is 0. The first-order valence-electron chi connectivity index (χ1n) is 9.54. The van der Waals surface area contributed by atoms with Gasteiger partial charge in [-0.05, 0) is 67.3 Å². The molecule has 2 amide bonds. The van der Waals surface area contributed by atoms with E-state index in [0.29, 0.717) is 17.8 Å². The summed E-state index contributed by atoms with van der Waals surface area (Å²) in [4.78, 5) is 38.4. The minimum atomic E-state index is -0.400. The molecule has 0 saturated heterocycles. The third-order valence-electron chi connectivity index (χ3n) is 5.20. The molecule has 0 aromatic heterocycles. The molecule has 2 aromatic rings. The van der Waals surface area contributed by atoms with Crippen molar-refractivity contribution >= 4 is 29.0 Å². The van der Waals surface area contributed by atoms with E-state index in [0.717, 1.165) is 30.5 Å². The molecule has 28 heavy (non-hydrogen) atoms. The first-order valence-corrected chi connectivity index (χ1v) is 9.54. The number of benzene rings is 2. The number of carbonyl (C=O) groups is 3. The lowest BCUT2D eigenvalue weighted by atomic mass is 10.1. The largest absolute Gasteiger partial charge is 0.326 e. The van der Waals surface area contributed by atoms with E-state index >= 15 is 0 Å². The van der Waals surface area contributed by atoms with Gasteiger partial charge in [-0.15, -0.1) is 0 Å². The van der Waals surface area contributed by atoms with Crippen LogP contribution in [0.4, 0.5) is 15.8 Å². The van der Waals surface area contributed by atoms with Crippen LogP contribution < -0.4 is 10.2 Å². The molecule has 1 aliphatic heterocycles. The number of fused-ring (bicyclic) bond motifs is 1. The maximum atomic E-state index is 12.9. The van der Waals surface area contributed by atoms with E-state index in [9.17, 15) is 18.8 Å². The SMILES string of the molecule is O=C(CCC(=O)c1ccc(F)cc1)Nc1ccc2c(c1)CCN2C(=O)C1CC1. The number of Topliss-reactive ketones (excluding diaryl/α,β-unsaturated/α-hetero) is 1. The van der Waals surface area contributed by atoms with Gasteiger partial charge in [-0.2, -0.15) is 0 Å². The standard InChI is InChI=1S/C22H21FN2O3/c23-17-5-3-14(4-6-17)20(26)9-10-21(27)24-18-7-8-19-16(13-18)11-12-25(19)22(28)15-1-2-15/h3-8,13,15H,1-2,9-12H2,(H,24,27). The van der Waals surface area contributed by atoms with Gasteiger partial charge in [0.15, 0.2) is 5.78 Å². The summed E-state index contributed by atoms with van der Waals surface area (Å²) < 4.78 is 12.9. The smallest absolute Gasteiger partial charge is 0.230 e. The highest BCUT2D eigenvalue weighted by molar-refractivity contribution is 6.01. The lowest BCUT2D eigenvalue weighted by molar-refractivity contribution is -0.119. The molecule has 0 unspecified atom stereocenters. The predicted octanol–water partition coefficient (Wildman–Crippen LogP) is 3.73. The van der Waals surface area contributed by atoms with Crippen LogP contribution in [0.15, 0.2) is 42.5 Å². The highest BCUT2D eigenvalue weighted by atomic mass is 19.1. The van der Waals surface area contributed by atoms with Crippen LogP contribution in [-0.2, 0) is 16.0 Å². The molecule has 1 aliphatic carbocycles. The van der Waals surface area contributed by atoms with E-state index in [1.54, 1.807) is 6.07 Å². The van der Waals surface area contributed by atoms with Crippen molar-refractivity contribution in [2.45, 2.75) is 32.1 Å². The molecule has 0 radical (unpaired) electrons. The topological polar surface area (TPSA) is 66.5 Å². The third kappa shape index (κ3) is 3.96. The predicted molar refractivity (Wildman–Crippen MR) is 104 cm³/mol. The highest BCUT2D eigenvalue weighted by Crippen LogP contribution is 2.37. The lowest BCUT2D eigenvalue weighted by Gasteiger charge is -2.17. The Labute approximate surface area is 162 Å². The van der Waals surface area contributed by atoms with E-state index in [1.165, 1.54) is 24.3 Å². The summed E-state index contributed by atoms with van der Waals surface area (Å²) in [6.07, 6.45) is 2.86. The number of anilines is 2. The molecule has 1 saturated carbocycles. The zero-order valence-corrected chi connectivity index (χ0v) is 15.4. The summed E-state index contributed by atoms with van der Waals surface area (Å²) in [6, 6.07) is 10.9. The number of carbonyl (C=O) groups excluding carboxylic acids is 3. The van der Waals surface area contributed by atoms with Gasteiger partial charge in [-0.1, -0.05) is 0 Å². The van der Waals surface area contributed by atoms with Crippen molar-refractivity contribution in [3.63, 3.8) is 0 Å². The highest BCUT2D eigenvalue weighted by Gasteiger charge is 2.36. The molecule has 6 heteroatoms. The van der Waals surface area contributed by atoms with Crippen LogP contribution in [0.1, 0.15) is 41.6 Å². The molecule has 1 N–H and O–H groups in total. The molecule has 4 rings (SSSR count). The maximum Gasteiger partial charge on any atom is 0.230 e. The second-order valence-corrected chi connectivity index (χ2v) is 7.34. The van der Waals surface area contributed by atoms with E-state index in [-0.39, 0.29) is 36.4 Å². The van der Waals surface area contributed by atoms with Crippen molar-refractivity contribution in [3.05, 3.63) is 59.4 Å². The molecule has 1 fully saturated rings. The zero-order chi connectivity index (χ0) is 19.7. The van der Waals surface area contributed by atoms with Gasteiger partial charge in [0.2, 0.25) is 11.8 Å². The first-order chi connectivity index (χ1) is 13.5. The first kappa shape index (κ1) is 18.3. The van der Waals surface area contributed by atoms with Crippen molar-refractivity contribution in [1.82, 2.24) is 0 Å². The van der Waals surface area contributed by atoms with Gasteiger partial charge in [0.05, 0.1) is 0 Å². The van der Waals surface area contributed by atoms with Crippen LogP contribution in [0, 0.1) is 11.7 Å². The Morgan fingerprint density at radius 1 is 1.04 bits per heavy atom. The molecular formula is C22H21FN2O3. The Hall–Kier alpha value is -3.02. The Bertz CT molecular complexity index is 935. The number of rotatable bonds is 6. The number of nitrogens with one attached hydrogen (secondary N) is 1. The number of hydrogen-bond acceptors (Lipinski definition) is 3. The lowest BCUT2D eigenvalue weighted by Crippen LogP contribution is -2.30. The van der Waals surface area contributed by atoms with Crippen LogP contribution in [0.2, 0.25) is 0 Å². The fraction of sp³-hybridized carbons (Fsp3) is 0.318. The van der Waals surface area contributed by atoms with Crippen LogP contribution in [0.25, 0.3) is 0 Å². The van der Waals surface area contributed by atoms with Gasteiger partial charge in [0.25, 0.3) is 0 Å².